The quantitative estimate of drug-likeness (QED) is 0.611. The Labute approximate surface area is 205 Å². The van der Waals surface area contributed by atoms with Crippen LogP contribution < -0.4 is 21.5 Å². The zero-order valence-corrected chi connectivity index (χ0v) is 20.0. The summed E-state index contributed by atoms with van der Waals surface area (Å²) < 4.78 is 20.6. The van der Waals surface area contributed by atoms with Gasteiger partial charge in [-0.3, -0.25) is 9.89 Å². The summed E-state index contributed by atoms with van der Waals surface area (Å²) in [5.74, 6) is 1.21. The van der Waals surface area contributed by atoms with Gasteiger partial charge in [0.15, 0.2) is 11.6 Å². The normalized spacial score (nSPS) is 22.6. The van der Waals surface area contributed by atoms with E-state index in [0.717, 1.165) is 39.0 Å². The minimum absolute atomic E-state index is 0.127. The van der Waals surface area contributed by atoms with E-state index in [2.05, 4.69) is 15.2 Å². The lowest BCUT2D eigenvalue weighted by Gasteiger charge is -2.41. The molecular weight excluding hydrogens is 445 g/mol. The highest BCUT2D eigenvalue weighted by Crippen LogP contribution is 2.28. The Hall–Kier alpha value is -3.43. The molecule has 3 heterocycles. The van der Waals surface area contributed by atoms with E-state index in [1.165, 1.54) is 6.07 Å². The number of halogens is 1. The molecule has 3 aliphatic rings. The number of likely N-dealkylation sites (tertiary alicyclic amines) is 1. The van der Waals surface area contributed by atoms with E-state index in [0.29, 0.717) is 47.0 Å². The van der Waals surface area contributed by atoms with E-state index >= 15 is 0 Å². The second kappa shape index (κ2) is 10.1. The number of amidine groups is 2. The fraction of sp³-hybridized carbons (Fsp3) is 0.385. The van der Waals surface area contributed by atoms with Crippen LogP contribution in [0, 0.1) is 5.82 Å². The lowest BCUT2D eigenvalue weighted by molar-refractivity contribution is 0.114. The number of likely N-dealkylation sites (N-methyl/N-ethyl adjacent to an activating group) is 1. The van der Waals surface area contributed by atoms with E-state index in [9.17, 15) is 4.39 Å². The molecule has 35 heavy (non-hydrogen) atoms. The molecule has 2 saturated heterocycles. The number of nitrogens with zero attached hydrogens (tertiary/aromatic N) is 4. The molecule has 0 radical (unpaired) electrons. The summed E-state index contributed by atoms with van der Waals surface area (Å²) >= 11 is 0. The molecule has 2 aromatic rings. The summed E-state index contributed by atoms with van der Waals surface area (Å²) in [7, 11) is 1.93. The molecule has 0 aromatic heterocycles. The lowest BCUT2D eigenvalue weighted by atomic mass is 10.00. The summed E-state index contributed by atoms with van der Waals surface area (Å²) in [6.45, 7) is 4.62. The first-order valence-electron chi connectivity index (χ1n) is 12.1. The van der Waals surface area contributed by atoms with Crippen molar-refractivity contribution in [3.05, 3.63) is 65.5 Å². The van der Waals surface area contributed by atoms with Crippen LogP contribution in [0.2, 0.25) is 0 Å². The third kappa shape index (κ3) is 5.01. The molecule has 0 saturated carbocycles. The minimum Gasteiger partial charge on any atom is -0.454 e. The number of hydrogen-bond donors (Lipinski definition) is 3. The average molecular weight is 478 g/mol. The molecule has 5 rings (SSSR count). The smallest absolute Gasteiger partial charge is 0.166 e. The number of ether oxygens (including phenoxy) is 1. The van der Waals surface area contributed by atoms with Crippen molar-refractivity contribution in [3.63, 3.8) is 0 Å². The maximum absolute atomic E-state index is 14.9. The van der Waals surface area contributed by atoms with Crippen LogP contribution in [-0.2, 0) is 0 Å². The third-order valence-electron chi connectivity index (χ3n) is 6.86. The van der Waals surface area contributed by atoms with Crippen LogP contribution >= 0.6 is 0 Å². The summed E-state index contributed by atoms with van der Waals surface area (Å²) in [4.78, 5) is 14.0. The van der Waals surface area contributed by atoms with Crippen LogP contribution in [0.15, 0.2) is 64.1 Å². The topological polar surface area (TPSA) is 104 Å². The Morgan fingerprint density at radius 3 is 2.54 bits per heavy atom. The van der Waals surface area contributed by atoms with Crippen LogP contribution in [0.1, 0.15) is 18.4 Å². The first-order valence-corrected chi connectivity index (χ1v) is 12.1. The van der Waals surface area contributed by atoms with Crippen molar-refractivity contribution in [1.29, 1.82) is 0 Å². The highest BCUT2D eigenvalue weighted by atomic mass is 19.1. The van der Waals surface area contributed by atoms with Crippen molar-refractivity contribution in [2.24, 2.45) is 21.5 Å². The van der Waals surface area contributed by atoms with Crippen molar-refractivity contribution in [3.8, 4) is 11.5 Å². The number of piperidine rings is 1. The molecule has 0 spiro atoms. The molecule has 2 aromatic carbocycles. The molecule has 0 aliphatic carbocycles. The Bertz CT molecular complexity index is 1150. The Balaban J connectivity index is 1.40. The van der Waals surface area contributed by atoms with Crippen LogP contribution in [0.4, 0.5) is 4.39 Å². The number of para-hydroxylation sites is 1. The molecule has 2 fully saturated rings. The Kier molecular flexibility index (Phi) is 6.70. The molecule has 8 nitrogen and oxygen atoms in total. The Morgan fingerprint density at radius 2 is 1.89 bits per heavy atom. The molecular formula is C26H32FN7O. The van der Waals surface area contributed by atoms with Gasteiger partial charge in [0.25, 0.3) is 0 Å². The van der Waals surface area contributed by atoms with Gasteiger partial charge in [-0.2, -0.15) is 0 Å². The molecule has 9 heteroatoms. The van der Waals surface area contributed by atoms with Gasteiger partial charge in [-0.05, 0) is 43.2 Å². The number of nitrogens with one attached hydrogen (secondary N) is 1. The van der Waals surface area contributed by atoms with Gasteiger partial charge in [-0.25, -0.2) is 9.38 Å². The van der Waals surface area contributed by atoms with Crippen molar-refractivity contribution in [2.75, 3.05) is 39.9 Å². The van der Waals surface area contributed by atoms with E-state index in [1.807, 2.05) is 30.1 Å². The van der Waals surface area contributed by atoms with Crippen LogP contribution in [-0.4, -0.2) is 73.5 Å². The van der Waals surface area contributed by atoms with Gasteiger partial charge in [0.2, 0.25) is 0 Å². The van der Waals surface area contributed by atoms with Gasteiger partial charge < -0.3 is 26.4 Å². The van der Waals surface area contributed by atoms with Crippen molar-refractivity contribution >= 4 is 17.4 Å². The van der Waals surface area contributed by atoms with E-state index in [4.69, 9.17) is 21.2 Å². The van der Waals surface area contributed by atoms with E-state index < -0.39 is 5.82 Å². The SMILES string of the molecule is CN1CN=C(N)C(=C(N)c2ccc(Oc3ccccc3)c(F)c2)C1=NC1CCN(C2CNC2)CC1. The van der Waals surface area contributed by atoms with Gasteiger partial charge >= 0.3 is 0 Å². The number of nitrogens with two attached hydrogens (primary N) is 2. The fourth-order valence-corrected chi connectivity index (χ4v) is 4.65. The van der Waals surface area contributed by atoms with Gasteiger partial charge in [0, 0.05) is 44.8 Å². The zero-order valence-electron chi connectivity index (χ0n) is 20.0. The van der Waals surface area contributed by atoms with Gasteiger partial charge in [-0.15, -0.1) is 0 Å². The third-order valence-corrected chi connectivity index (χ3v) is 6.86. The van der Waals surface area contributed by atoms with E-state index in [1.54, 1.807) is 24.3 Å². The second-order valence-electron chi connectivity index (χ2n) is 9.26. The summed E-state index contributed by atoms with van der Waals surface area (Å²) in [6.07, 6.45) is 1.97. The highest BCUT2D eigenvalue weighted by Gasteiger charge is 2.30. The van der Waals surface area contributed by atoms with Crippen molar-refractivity contribution in [1.82, 2.24) is 15.1 Å². The highest BCUT2D eigenvalue weighted by molar-refractivity contribution is 6.27. The minimum atomic E-state index is -0.508. The molecule has 0 atom stereocenters. The zero-order chi connectivity index (χ0) is 24.4. The number of rotatable bonds is 5. The standard InChI is InChI=1S/C26H32FN7O/c1-33-16-31-25(29)23(26(33)32-18-9-11-34(12-10-18)19-14-30-15-19)24(28)17-7-8-22(21(27)13-17)35-20-5-3-2-4-6-20/h2-8,13,18-19,30H,9-12,14-16,28H2,1H3,(H2,29,31). The maximum Gasteiger partial charge on any atom is 0.166 e. The summed E-state index contributed by atoms with van der Waals surface area (Å²) in [6, 6.07) is 14.6. The molecule has 0 bridgehead atoms. The van der Waals surface area contributed by atoms with E-state index in [-0.39, 0.29) is 11.8 Å². The van der Waals surface area contributed by atoms with Crippen LogP contribution in [0.25, 0.3) is 5.70 Å². The van der Waals surface area contributed by atoms with Crippen molar-refractivity contribution in [2.45, 2.75) is 24.9 Å². The molecule has 5 N–H and O–H groups in total. The summed E-state index contributed by atoms with van der Waals surface area (Å²) in [5, 5.41) is 3.34. The first kappa shape index (κ1) is 23.3. The lowest BCUT2D eigenvalue weighted by Crippen LogP contribution is -2.59. The molecule has 3 aliphatic heterocycles. The largest absolute Gasteiger partial charge is 0.454 e. The molecule has 0 unspecified atom stereocenters. The maximum atomic E-state index is 14.9. The summed E-state index contributed by atoms with van der Waals surface area (Å²) in [5.41, 5.74) is 14.3. The fourth-order valence-electron chi connectivity index (χ4n) is 4.65. The van der Waals surface area contributed by atoms with Crippen LogP contribution in [0.3, 0.4) is 0 Å². The number of aliphatic imine (C=N–C) groups is 2. The first-order chi connectivity index (χ1) is 17.0. The number of benzene rings is 2. The predicted octanol–water partition coefficient (Wildman–Crippen LogP) is 2.38. The van der Waals surface area contributed by atoms with Gasteiger partial charge in [0.1, 0.15) is 24.1 Å². The predicted molar refractivity (Wildman–Crippen MR) is 137 cm³/mol. The van der Waals surface area contributed by atoms with Gasteiger partial charge in [0.05, 0.1) is 17.3 Å². The Morgan fingerprint density at radius 1 is 1.14 bits per heavy atom. The number of hydrogen-bond acceptors (Lipinski definition) is 7. The second-order valence-corrected chi connectivity index (χ2v) is 9.26. The molecule has 184 valence electrons. The monoisotopic (exact) mass is 477 g/mol. The average Bonchev–Trinajstić information content (AvgIpc) is 2.83. The van der Waals surface area contributed by atoms with Crippen molar-refractivity contribution < 1.29 is 9.13 Å². The molecule has 0 amide bonds. The van der Waals surface area contributed by atoms with Crippen LogP contribution in [0.5, 0.6) is 11.5 Å². The van der Waals surface area contributed by atoms with Gasteiger partial charge in [-0.1, -0.05) is 18.2 Å².